The SMILES string of the molecule is C=CCC1=CCC(C)CC1=O. The van der Waals surface area contributed by atoms with Gasteiger partial charge in [-0.2, -0.15) is 0 Å². The molecule has 0 aliphatic heterocycles. The minimum atomic E-state index is 0.309. The molecule has 0 saturated heterocycles. The van der Waals surface area contributed by atoms with Crippen molar-refractivity contribution in [2.75, 3.05) is 0 Å². The topological polar surface area (TPSA) is 17.1 Å². The molecule has 0 aromatic rings. The maximum atomic E-state index is 11.3. The second-order valence-corrected chi connectivity index (χ2v) is 3.19. The van der Waals surface area contributed by atoms with Crippen molar-refractivity contribution in [1.82, 2.24) is 0 Å². The molecule has 0 saturated carbocycles. The second-order valence-electron chi connectivity index (χ2n) is 3.19. The Balaban J connectivity index is 2.64. The van der Waals surface area contributed by atoms with Gasteiger partial charge in [-0.25, -0.2) is 0 Å². The van der Waals surface area contributed by atoms with Crippen LogP contribution in [0.25, 0.3) is 0 Å². The smallest absolute Gasteiger partial charge is 0.159 e. The number of hydrogen-bond acceptors (Lipinski definition) is 1. The van der Waals surface area contributed by atoms with E-state index in [2.05, 4.69) is 19.6 Å². The van der Waals surface area contributed by atoms with E-state index in [0.717, 1.165) is 24.8 Å². The molecule has 1 atom stereocenters. The molecule has 1 aliphatic carbocycles. The van der Waals surface area contributed by atoms with Gasteiger partial charge in [-0.3, -0.25) is 4.79 Å². The van der Waals surface area contributed by atoms with Gasteiger partial charge in [0.15, 0.2) is 5.78 Å². The predicted octanol–water partition coefficient (Wildman–Crippen LogP) is 2.49. The van der Waals surface area contributed by atoms with Gasteiger partial charge in [0.2, 0.25) is 0 Å². The zero-order valence-electron chi connectivity index (χ0n) is 6.97. The number of carbonyl (C=O) groups excluding carboxylic acids is 1. The predicted molar refractivity (Wildman–Crippen MR) is 46.3 cm³/mol. The first-order valence-corrected chi connectivity index (χ1v) is 4.07. The Kier molecular flexibility index (Phi) is 2.64. The van der Waals surface area contributed by atoms with Crippen LogP contribution in [0.3, 0.4) is 0 Å². The standard InChI is InChI=1S/C10H14O/c1-3-4-9-6-5-8(2)7-10(9)11/h3,6,8H,1,4-5,7H2,2H3. The Morgan fingerprint density at radius 2 is 2.55 bits per heavy atom. The van der Waals surface area contributed by atoms with E-state index >= 15 is 0 Å². The Bertz CT molecular complexity index is 201. The average molecular weight is 150 g/mol. The van der Waals surface area contributed by atoms with Gasteiger partial charge >= 0.3 is 0 Å². The Morgan fingerprint density at radius 1 is 1.82 bits per heavy atom. The zero-order valence-corrected chi connectivity index (χ0v) is 6.97. The first-order valence-electron chi connectivity index (χ1n) is 4.07. The quantitative estimate of drug-likeness (QED) is 0.553. The summed E-state index contributed by atoms with van der Waals surface area (Å²) >= 11 is 0. The van der Waals surface area contributed by atoms with E-state index in [1.807, 2.05) is 0 Å². The van der Waals surface area contributed by atoms with Gasteiger partial charge in [-0.1, -0.05) is 19.1 Å². The molecule has 1 unspecified atom stereocenters. The lowest BCUT2D eigenvalue weighted by atomic mass is 9.89. The van der Waals surface area contributed by atoms with Crippen LogP contribution < -0.4 is 0 Å². The van der Waals surface area contributed by atoms with Crippen LogP contribution >= 0.6 is 0 Å². The van der Waals surface area contributed by atoms with E-state index in [1.165, 1.54) is 0 Å². The number of carbonyl (C=O) groups is 1. The van der Waals surface area contributed by atoms with Gasteiger partial charge in [0.25, 0.3) is 0 Å². The van der Waals surface area contributed by atoms with E-state index in [4.69, 9.17) is 0 Å². The molecular weight excluding hydrogens is 136 g/mol. The molecule has 11 heavy (non-hydrogen) atoms. The highest BCUT2D eigenvalue weighted by Gasteiger charge is 2.16. The summed E-state index contributed by atoms with van der Waals surface area (Å²) < 4.78 is 0. The first kappa shape index (κ1) is 8.25. The Morgan fingerprint density at radius 3 is 3.09 bits per heavy atom. The lowest BCUT2D eigenvalue weighted by Gasteiger charge is -2.15. The first-order chi connectivity index (χ1) is 5.24. The maximum absolute atomic E-state index is 11.3. The molecule has 0 N–H and O–H groups in total. The second kappa shape index (κ2) is 3.51. The molecule has 0 spiro atoms. The van der Waals surface area contributed by atoms with Crippen LogP contribution in [0.1, 0.15) is 26.2 Å². The third-order valence-electron chi connectivity index (χ3n) is 2.02. The highest BCUT2D eigenvalue weighted by molar-refractivity contribution is 5.96. The number of rotatable bonds is 2. The van der Waals surface area contributed by atoms with Crippen LogP contribution in [0.4, 0.5) is 0 Å². The third kappa shape index (κ3) is 2.04. The minimum absolute atomic E-state index is 0.309. The van der Waals surface area contributed by atoms with Gasteiger partial charge in [0.05, 0.1) is 0 Å². The maximum Gasteiger partial charge on any atom is 0.159 e. The van der Waals surface area contributed by atoms with Crippen molar-refractivity contribution in [3.8, 4) is 0 Å². The third-order valence-corrected chi connectivity index (χ3v) is 2.02. The molecule has 1 aliphatic rings. The number of ketones is 1. The van der Waals surface area contributed by atoms with Crippen molar-refractivity contribution in [3.05, 3.63) is 24.3 Å². The summed E-state index contributed by atoms with van der Waals surface area (Å²) in [4.78, 5) is 11.3. The van der Waals surface area contributed by atoms with E-state index in [1.54, 1.807) is 6.08 Å². The van der Waals surface area contributed by atoms with Gasteiger partial charge < -0.3 is 0 Å². The van der Waals surface area contributed by atoms with Gasteiger partial charge in [-0.05, 0) is 24.3 Å². The van der Waals surface area contributed by atoms with Gasteiger partial charge in [0, 0.05) is 6.42 Å². The van der Waals surface area contributed by atoms with Crippen LogP contribution in [0.15, 0.2) is 24.3 Å². The Labute approximate surface area is 67.8 Å². The fourth-order valence-corrected chi connectivity index (χ4v) is 1.34. The lowest BCUT2D eigenvalue weighted by Crippen LogP contribution is -2.12. The number of Topliss-reactive ketones (excluding diaryl/α,β-unsaturated/α-hetero) is 1. The summed E-state index contributed by atoms with van der Waals surface area (Å²) in [5.41, 5.74) is 0.957. The summed E-state index contributed by atoms with van der Waals surface area (Å²) in [7, 11) is 0. The fraction of sp³-hybridized carbons (Fsp3) is 0.500. The summed E-state index contributed by atoms with van der Waals surface area (Å²) in [6, 6.07) is 0. The molecule has 0 heterocycles. The van der Waals surface area contributed by atoms with Gasteiger partial charge in [0.1, 0.15) is 0 Å². The monoisotopic (exact) mass is 150 g/mol. The summed E-state index contributed by atoms with van der Waals surface area (Å²) in [5.74, 6) is 0.847. The largest absolute Gasteiger partial charge is 0.295 e. The normalized spacial score (nSPS) is 24.6. The summed E-state index contributed by atoms with van der Waals surface area (Å²) in [6.45, 7) is 5.73. The highest BCUT2D eigenvalue weighted by Crippen LogP contribution is 2.21. The molecule has 0 amide bonds. The lowest BCUT2D eigenvalue weighted by molar-refractivity contribution is -0.116. The molecule has 0 aromatic carbocycles. The van der Waals surface area contributed by atoms with Gasteiger partial charge in [-0.15, -0.1) is 6.58 Å². The van der Waals surface area contributed by atoms with Crippen LogP contribution in [-0.4, -0.2) is 5.78 Å². The molecule has 0 aromatic heterocycles. The number of hydrogen-bond donors (Lipinski definition) is 0. The van der Waals surface area contributed by atoms with Crippen molar-refractivity contribution < 1.29 is 4.79 Å². The molecule has 0 fully saturated rings. The van der Waals surface area contributed by atoms with Crippen molar-refractivity contribution in [2.24, 2.45) is 5.92 Å². The minimum Gasteiger partial charge on any atom is -0.295 e. The van der Waals surface area contributed by atoms with Crippen LogP contribution in [0.5, 0.6) is 0 Å². The highest BCUT2D eigenvalue weighted by atomic mass is 16.1. The van der Waals surface area contributed by atoms with E-state index < -0.39 is 0 Å². The zero-order chi connectivity index (χ0) is 8.27. The molecule has 1 rings (SSSR count). The van der Waals surface area contributed by atoms with Crippen LogP contribution in [-0.2, 0) is 4.79 Å². The molecular formula is C10H14O. The molecule has 1 nitrogen and oxygen atoms in total. The van der Waals surface area contributed by atoms with Crippen molar-refractivity contribution >= 4 is 5.78 Å². The summed E-state index contributed by atoms with van der Waals surface area (Å²) in [6.07, 6.45) is 6.36. The van der Waals surface area contributed by atoms with E-state index in [0.29, 0.717) is 11.7 Å². The Hall–Kier alpha value is -0.850. The van der Waals surface area contributed by atoms with E-state index in [9.17, 15) is 4.79 Å². The molecule has 0 bridgehead atoms. The molecule has 60 valence electrons. The van der Waals surface area contributed by atoms with Crippen molar-refractivity contribution in [1.29, 1.82) is 0 Å². The van der Waals surface area contributed by atoms with Crippen LogP contribution in [0, 0.1) is 5.92 Å². The van der Waals surface area contributed by atoms with Crippen molar-refractivity contribution in [3.63, 3.8) is 0 Å². The summed E-state index contributed by atoms with van der Waals surface area (Å²) in [5, 5.41) is 0. The molecule has 0 radical (unpaired) electrons. The average Bonchev–Trinajstić information content (AvgIpc) is 1.95. The molecule has 1 heteroatoms. The van der Waals surface area contributed by atoms with E-state index in [-0.39, 0.29) is 0 Å². The number of allylic oxidation sites excluding steroid dienone is 3. The van der Waals surface area contributed by atoms with Crippen LogP contribution in [0.2, 0.25) is 0 Å². The van der Waals surface area contributed by atoms with Crippen molar-refractivity contribution in [2.45, 2.75) is 26.2 Å². The fourth-order valence-electron chi connectivity index (χ4n) is 1.34.